The maximum atomic E-state index is 13.2. The van der Waals surface area contributed by atoms with Crippen molar-refractivity contribution in [3.05, 3.63) is 47.0 Å². The van der Waals surface area contributed by atoms with Crippen molar-refractivity contribution in [2.24, 2.45) is 0 Å². The number of benzene rings is 2. The molecular formula is C33H50O6S2. The lowest BCUT2D eigenvalue weighted by Gasteiger charge is -2.19. The van der Waals surface area contributed by atoms with Gasteiger partial charge in [-0.1, -0.05) is 71.6 Å². The number of esters is 1. The predicted octanol–water partition coefficient (Wildman–Crippen LogP) is 9.31. The molecule has 0 spiro atoms. The first-order chi connectivity index (χ1) is 19.8. The van der Waals surface area contributed by atoms with Gasteiger partial charge in [0.15, 0.2) is 0 Å². The van der Waals surface area contributed by atoms with Crippen LogP contribution in [0.3, 0.4) is 0 Å². The standard InChI is InChI=1S/C33H50O6S2/c1-3-5-6-7-8-9-10-11-12-15-26-20-29(36)22-31(37)32(26)33(38)39-30(14-4-2)16-13-17-40-24-41-23-25-18-27(34)21-28(35)19-25/h18-22,30,34-37H,3-17,23-24H2,1-2H3. The fourth-order valence-corrected chi connectivity index (χ4v) is 7.00. The average molecular weight is 607 g/mol. The summed E-state index contributed by atoms with van der Waals surface area (Å²) in [6.07, 6.45) is 14.5. The van der Waals surface area contributed by atoms with E-state index in [2.05, 4.69) is 13.8 Å². The lowest BCUT2D eigenvalue weighted by Crippen LogP contribution is -2.20. The van der Waals surface area contributed by atoms with Crippen LogP contribution in [-0.2, 0) is 16.9 Å². The summed E-state index contributed by atoms with van der Waals surface area (Å²) in [5, 5.41) is 40.7. The monoisotopic (exact) mass is 606 g/mol. The molecule has 0 bridgehead atoms. The van der Waals surface area contributed by atoms with Crippen molar-refractivity contribution in [3.8, 4) is 23.0 Å². The molecule has 2 rings (SSSR count). The van der Waals surface area contributed by atoms with Crippen molar-refractivity contribution in [3.63, 3.8) is 0 Å². The third kappa shape index (κ3) is 14.5. The summed E-state index contributed by atoms with van der Waals surface area (Å²) in [4.78, 5) is 13.2. The first-order valence-electron chi connectivity index (χ1n) is 15.3. The zero-order chi connectivity index (χ0) is 29.9. The summed E-state index contributed by atoms with van der Waals surface area (Å²) < 4.78 is 5.90. The molecule has 0 saturated carbocycles. The van der Waals surface area contributed by atoms with Crippen molar-refractivity contribution in [2.45, 2.75) is 116 Å². The largest absolute Gasteiger partial charge is 0.508 e. The van der Waals surface area contributed by atoms with Crippen LogP contribution in [-0.4, -0.2) is 43.3 Å². The van der Waals surface area contributed by atoms with Gasteiger partial charge in [-0.2, -0.15) is 11.8 Å². The second-order valence-corrected chi connectivity index (χ2v) is 13.2. The van der Waals surface area contributed by atoms with E-state index < -0.39 is 5.97 Å². The van der Waals surface area contributed by atoms with Crippen molar-refractivity contribution in [2.75, 3.05) is 10.8 Å². The second kappa shape index (κ2) is 20.6. The molecule has 1 unspecified atom stereocenters. The normalized spacial score (nSPS) is 12.0. The Bertz CT molecular complexity index is 1010. The minimum absolute atomic E-state index is 0.0363. The van der Waals surface area contributed by atoms with Crippen LogP contribution in [0.1, 0.15) is 119 Å². The summed E-state index contributed by atoms with van der Waals surface area (Å²) in [5.74, 6) is 1.02. The van der Waals surface area contributed by atoms with Gasteiger partial charge in [0.2, 0.25) is 0 Å². The molecule has 0 aliphatic rings. The van der Waals surface area contributed by atoms with Gasteiger partial charge >= 0.3 is 5.97 Å². The molecule has 0 amide bonds. The highest BCUT2D eigenvalue weighted by atomic mass is 32.2. The van der Waals surface area contributed by atoms with Gasteiger partial charge in [0.1, 0.15) is 34.7 Å². The molecule has 41 heavy (non-hydrogen) atoms. The van der Waals surface area contributed by atoms with E-state index in [-0.39, 0.29) is 34.7 Å². The predicted molar refractivity (Wildman–Crippen MR) is 172 cm³/mol. The van der Waals surface area contributed by atoms with Crippen molar-refractivity contribution >= 4 is 29.5 Å². The molecule has 0 aromatic heterocycles. The highest BCUT2D eigenvalue weighted by Crippen LogP contribution is 2.31. The number of aryl methyl sites for hydroxylation is 1. The molecule has 8 heteroatoms. The van der Waals surface area contributed by atoms with E-state index in [0.29, 0.717) is 17.7 Å². The van der Waals surface area contributed by atoms with Crippen LogP contribution in [0, 0.1) is 0 Å². The lowest BCUT2D eigenvalue weighted by molar-refractivity contribution is 0.0254. The van der Waals surface area contributed by atoms with E-state index in [1.54, 1.807) is 30.0 Å². The maximum absolute atomic E-state index is 13.2. The molecule has 6 nitrogen and oxygen atoms in total. The van der Waals surface area contributed by atoms with Crippen LogP contribution in [0.5, 0.6) is 23.0 Å². The SMILES string of the molecule is CCCCCCCCCCCc1cc(O)cc(O)c1C(=O)OC(CCC)CCCSCSCc1cc(O)cc(O)c1. The summed E-state index contributed by atoms with van der Waals surface area (Å²) >= 11 is 3.54. The van der Waals surface area contributed by atoms with Crippen LogP contribution < -0.4 is 0 Å². The number of carbonyl (C=O) groups excluding carboxylic acids is 1. The smallest absolute Gasteiger partial charge is 0.342 e. The Morgan fingerprint density at radius 2 is 1.37 bits per heavy atom. The molecule has 0 heterocycles. The van der Waals surface area contributed by atoms with E-state index in [1.807, 2.05) is 11.8 Å². The Hall–Kier alpha value is -2.19. The van der Waals surface area contributed by atoms with Crippen molar-refractivity contribution in [1.29, 1.82) is 0 Å². The quantitative estimate of drug-likeness (QED) is 0.0597. The van der Waals surface area contributed by atoms with E-state index in [1.165, 1.54) is 50.7 Å². The Morgan fingerprint density at radius 3 is 2.02 bits per heavy atom. The fraction of sp³-hybridized carbons (Fsp3) is 0.606. The third-order valence-corrected chi connectivity index (χ3v) is 9.48. The highest BCUT2D eigenvalue weighted by molar-refractivity contribution is 8.15. The van der Waals surface area contributed by atoms with Crippen LogP contribution >= 0.6 is 23.5 Å². The minimum atomic E-state index is -0.510. The number of aromatic hydroxyl groups is 4. The van der Waals surface area contributed by atoms with Gasteiger partial charge in [0.05, 0.1) is 0 Å². The molecular weight excluding hydrogens is 556 g/mol. The van der Waals surface area contributed by atoms with Crippen LogP contribution in [0.2, 0.25) is 0 Å². The van der Waals surface area contributed by atoms with Gasteiger partial charge in [0, 0.05) is 23.0 Å². The number of rotatable bonds is 22. The minimum Gasteiger partial charge on any atom is -0.508 e. The number of carbonyl (C=O) groups is 1. The van der Waals surface area contributed by atoms with E-state index in [4.69, 9.17) is 4.74 Å². The zero-order valence-electron chi connectivity index (χ0n) is 24.9. The molecule has 2 aromatic rings. The number of hydrogen-bond donors (Lipinski definition) is 4. The van der Waals surface area contributed by atoms with Crippen LogP contribution in [0.4, 0.5) is 0 Å². The number of unbranched alkanes of at least 4 members (excludes halogenated alkanes) is 8. The molecule has 0 aliphatic carbocycles. The summed E-state index contributed by atoms with van der Waals surface area (Å²) in [5.41, 5.74) is 1.73. The number of phenolic OH excluding ortho intramolecular Hbond substituents is 4. The average Bonchev–Trinajstić information content (AvgIpc) is 2.90. The molecule has 230 valence electrons. The van der Waals surface area contributed by atoms with E-state index in [0.717, 1.165) is 61.3 Å². The first kappa shape index (κ1) is 35.0. The van der Waals surface area contributed by atoms with Gasteiger partial charge in [-0.3, -0.25) is 0 Å². The molecule has 0 saturated heterocycles. The number of phenols is 4. The van der Waals surface area contributed by atoms with Gasteiger partial charge in [-0.15, -0.1) is 11.8 Å². The summed E-state index contributed by atoms with van der Waals surface area (Å²) in [7, 11) is 0. The Balaban J connectivity index is 1.77. The van der Waals surface area contributed by atoms with Crippen molar-refractivity contribution < 1.29 is 30.0 Å². The van der Waals surface area contributed by atoms with Gasteiger partial charge in [-0.05, 0) is 67.2 Å². The van der Waals surface area contributed by atoms with Crippen LogP contribution in [0.25, 0.3) is 0 Å². The Kier molecular flexibility index (Phi) is 17.6. The lowest BCUT2D eigenvalue weighted by atomic mass is 9.98. The van der Waals surface area contributed by atoms with Crippen molar-refractivity contribution in [1.82, 2.24) is 0 Å². The van der Waals surface area contributed by atoms with Gasteiger partial charge < -0.3 is 25.2 Å². The third-order valence-electron chi connectivity index (χ3n) is 7.03. The second-order valence-electron chi connectivity index (χ2n) is 10.8. The van der Waals surface area contributed by atoms with Gasteiger partial charge in [-0.25, -0.2) is 4.79 Å². The van der Waals surface area contributed by atoms with E-state index >= 15 is 0 Å². The topological polar surface area (TPSA) is 107 Å². The van der Waals surface area contributed by atoms with Gasteiger partial charge in [0.25, 0.3) is 0 Å². The summed E-state index contributed by atoms with van der Waals surface area (Å²) in [6.45, 7) is 4.30. The molecule has 0 fully saturated rings. The Labute approximate surface area is 255 Å². The number of hydrogen-bond acceptors (Lipinski definition) is 8. The molecule has 0 radical (unpaired) electrons. The van der Waals surface area contributed by atoms with E-state index in [9.17, 15) is 25.2 Å². The number of ether oxygens (including phenoxy) is 1. The summed E-state index contributed by atoms with van der Waals surface area (Å²) in [6, 6.07) is 7.45. The molecule has 1 atom stereocenters. The fourth-order valence-electron chi connectivity index (χ4n) is 4.95. The molecule has 4 N–H and O–H groups in total. The number of thioether (sulfide) groups is 2. The maximum Gasteiger partial charge on any atom is 0.342 e. The highest BCUT2D eigenvalue weighted by Gasteiger charge is 2.22. The zero-order valence-corrected chi connectivity index (χ0v) is 26.5. The molecule has 0 aliphatic heterocycles. The Morgan fingerprint density at radius 1 is 0.732 bits per heavy atom. The molecule has 2 aromatic carbocycles. The van der Waals surface area contributed by atoms with Crippen LogP contribution in [0.15, 0.2) is 30.3 Å². The first-order valence-corrected chi connectivity index (χ1v) is 17.6.